The summed E-state index contributed by atoms with van der Waals surface area (Å²) >= 11 is 1.67. The number of sulfonamides is 1. The number of thiazole rings is 1. The van der Waals surface area contributed by atoms with E-state index >= 15 is 0 Å². The highest BCUT2D eigenvalue weighted by Crippen LogP contribution is 2.32. The smallest absolute Gasteiger partial charge is 0.288 e. The molecule has 3 rings (SSSR count). The van der Waals surface area contributed by atoms with E-state index < -0.39 is 15.8 Å². The molecular formula is C18H17F2N3O3S3. The summed E-state index contributed by atoms with van der Waals surface area (Å²) in [6.07, 6.45) is 1.60. The third-order valence-corrected chi connectivity index (χ3v) is 6.17. The summed E-state index contributed by atoms with van der Waals surface area (Å²) in [4.78, 5) is 17.2. The highest BCUT2D eigenvalue weighted by molar-refractivity contribution is 7.99. The summed E-state index contributed by atoms with van der Waals surface area (Å²) in [5.41, 5.74) is 1.94. The summed E-state index contributed by atoms with van der Waals surface area (Å²) in [5.74, 6) is -2.84. The lowest BCUT2D eigenvalue weighted by Gasteiger charge is -2.05. The maximum Gasteiger partial charge on any atom is 0.288 e. The van der Waals surface area contributed by atoms with E-state index in [9.17, 15) is 22.0 Å². The zero-order valence-corrected chi connectivity index (χ0v) is 17.6. The highest BCUT2D eigenvalue weighted by atomic mass is 32.2. The Balaban J connectivity index is 1.63. The van der Waals surface area contributed by atoms with E-state index in [4.69, 9.17) is 0 Å². The zero-order valence-electron chi connectivity index (χ0n) is 15.2. The summed E-state index contributed by atoms with van der Waals surface area (Å²) in [6.45, 7) is 0.280. The van der Waals surface area contributed by atoms with Crippen molar-refractivity contribution in [2.24, 2.45) is 0 Å². The molecule has 0 saturated carbocycles. The third kappa shape index (κ3) is 6.46. The first-order chi connectivity index (χ1) is 13.7. The Labute approximate surface area is 174 Å². The number of carbonyl (C=O) groups excluding carboxylic acids is 1. The second-order valence-corrected chi connectivity index (χ2v) is 10.0. The van der Waals surface area contributed by atoms with Gasteiger partial charge >= 0.3 is 0 Å². The van der Waals surface area contributed by atoms with Crippen LogP contribution in [0.3, 0.4) is 0 Å². The molecule has 11 heteroatoms. The van der Waals surface area contributed by atoms with E-state index in [0.29, 0.717) is 44.0 Å². The van der Waals surface area contributed by atoms with Gasteiger partial charge in [0.1, 0.15) is 0 Å². The number of hydrogen-bond acceptors (Lipinski definition) is 6. The number of hydrogen-bond donors (Lipinski definition) is 2. The molecule has 0 unspecified atom stereocenters. The number of halogens is 2. The van der Waals surface area contributed by atoms with Crippen molar-refractivity contribution in [1.29, 1.82) is 0 Å². The van der Waals surface area contributed by atoms with Gasteiger partial charge in [0.25, 0.3) is 11.7 Å². The fourth-order valence-electron chi connectivity index (χ4n) is 2.51. The number of anilines is 1. The van der Waals surface area contributed by atoms with Crippen LogP contribution in [0, 0.1) is 0 Å². The molecule has 2 aromatic carbocycles. The minimum atomic E-state index is -3.23. The molecule has 0 aliphatic carbocycles. The lowest BCUT2D eigenvalue weighted by Crippen LogP contribution is -2.24. The number of alkyl halides is 2. The lowest BCUT2D eigenvalue weighted by atomic mass is 10.1. The fourth-order valence-corrected chi connectivity index (χ4v) is 4.49. The first-order valence-electron chi connectivity index (χ1n) is 8.40. The van der Waals surface area contributed by atoms with Crippen molar-refractivity contribution in [3.8, 4) is 0 Å². The molecule has 1 amide bonds. The van der Waals surface area contributed by atoms with Gasteiger partial charge in [-0.2, -0.15) is 8.78 Å². The molecule has 3 aromatic rings. The maximum absolute atomic E-state index is 12.5. The van der Waals surface area contributed by atoms with Gasteiger partial charge in [0.15, 0.2) is 5.13 Å². The standard InChI is InChI=1S/C18H17F2N3O3S3/c1-29(25,26)21-9-8-11-2-4-12(5-3-11)16(24)23-18-22-14-7-6-13(27-17(19)20)10-15(14)28-18/h2-7,10,17,21H,8-9H2,1H3,(H,22,23,24). The van der Waals surface area contributed by atoms with Crippen LogP contribution in [-0.2, 0) is 16.4 Å². The number of aromatic nitrogens is 1. The summed E-state index contributed by atoms with van der Waals surface area (Å²) < 4.78 is 50.2. The van der Waals surface area contributed by atoms with Crippen LogP contribution >= 0.6 is 23.1 Å². The van der Waals surface area contributed by atoms with E-state index in [1.54, 1.807) is 42.5 Å². The molecule has 0 saturated heterocycles. The minimum Gasteiger partial charge on any atom is -0.298 e. The fraction of sp³-hybridized carbons (Fsp3) is 0.222. The van der Waals surface area contributed by atoms with Crippen LogP contribution in [0.4, 0.5) is 13.9 Å². The molecule has 0 spiro atoms. The van der Waals surface area contributed by atoms with E-state index in [2.05, 4.69) is 15.0 Å². The van der Waals surface area contributed by atoms with Gasteiger partial charge in [-0.1, -0.05) is 35.2 Å². The number of fused-ring (bicyclic) bond motifs is 1. The monoisotopic (exact) mass is 457 g/mol. The van der Waals surface area contributed by atoms with Gasteiger partial charge in [0.2, 0.25) is 10.0 Å². The van der Waals surface area contributed by atoms with Crippen molar-refractivity contribution in [3.63, 3.8) is 0 Å². The topological polar surface area (TPSA) is 88.2 Å². The molecular weight excluding hydrogens is 440 g/mol. The maximum atomic E-state index is 12.5. The second kappa shape index (κ2) is 9.16. The van der Waals surface area contributed by atoms with Gasteiger partial charge < -0.3 is 0 Å². The Bertz CT molecular complexity index is 1120. The van der Waals surface area contributed by atoms with Crippen LogP contribution in [-0.4, -0.2) is 37.9 Å². The van der Waals surface area contributed by atoms with Crippen molar-refractivity contribution in [2.75, 3.05) is 18.1 Å². The largest absolute Gasteiger partial charge is 0.298 e. The SMILES string of the molecule is CS(=O)(=O)NCCc1ccc(C(=O)Nc2nc3ccc(SC(F)F)cc3s2)cc1. The Morgan fingerprint density at radius 3 is 2.59 bits per heavy atom. The van der Waals surface area contributed by atoms with E-state index in [1.165, 1.54) is 11.3 Å². The van der Waals surface area contributed by atoms with Crippen molar-refractivity contribution in [3.05, 3.63) is 53.6 Å². The number of thioether (sulfide) groups is 1. The molecule has 0 fully saturated rings. The molecule has 6 nitrogen and oxygen atoms in total. The molecule has 0 bridgehead atoms. The van der Waals surface area contributed by atoms with Gasteiger partial charge in [-0.05, 0) is 42.3 Å². The molecule has 29 heavy (non-hydrogen) atoms. The molecule has 0 radical (unpaired) electrons. The van der Waals surface area contributed by atoms with Crippen molar-refractivity contribution in [2.45, 2.75) is 17.1 Å². The van der Waals surface area contributed by atoms with Gasteiger partial charge in [0.05, 0.1) is 16.5 Å². The van der Waals surface area contributed by atoms with E-state index in [1.807, 2.05) is 0 Å². The molecule has 1 heterocycles. The predicted molar refractivity (Wildman–Crippen MR) is 112 cm³/mol. The number of carbonyl (C=O) groups is 1. The average molecular weight is 458 g/mol. The van der Waals surface area contributed by atoms with Crippen LogP contribution in [0.15, 0.2) is 47.4 Å². The van der Waals surface area contributed by atoms with Gasteiger partial charge in [0, 0.05) is 17.0 Å². The molecule has 0 aliphatic rings. The Kier molecular flexibility index (Phi) is 6.83. The first kappa shape index (κ1) is 21.6. The quantitative estimate of drug-likeness (QED) is 0.500. The number of rotatable bonds is 8. The number of nitrogens with one attached hydrogen (secondary N) is 2. The number of amides is 1. The van der Waals surface area contributed by atoms with Gasteiger partial charge in [-0.15, -0.1) is 0 Å². The van der Waals surface area contributed by atoms with Crippen LogP contribution in [0.2, 0.25) is 0 Å². The lowest BCUT2D eigenvalue weighted by molar-refractivity contribution is 0.102. The minimum absolute atomic E-state index is 0.280. The van der Waals surface area contributed by atoms with Gasteiger partial charge in [-0.25, -0.2) is 18.1 Å². The number of nitrogens with zero attached hydrogens (tertiary/aromatic N) is 1. The second-order valence-electron chi connectivity index (χ2n) is 6.09. The Hall–Kier alpha value is -2.08. The normalized spacial score (nSPS) is 11.9. The summed E-state index contributed by atoms with van der Waals surface area (Å²) in [7, 11) is -3.23. The Morgan fingerprint density at radius 2 is 1.93 bits per heavy atom. The van der Waals surface area contributed by atoms with Crippen LogP contribution in [0.1, 0.15) is 15.9 Å². The highest BCUT2D eigenvalue weighted by Gasteiger charge is 2.12. The van der Waals surface area contributed by atoms with Crippen LogP contribution < -0.4 is 10.0 Å². The van der Waals surface area contributed by atoms with Crippen molar-refractivity contribution in [1.82, 2.24) is 9.71 Å². The third-order valence-electron chi connectivity index (χ3n) is 3.80. The predicted octanol–water partition coefficient (Wildman–Crippen LogP) is 3.96. The first-order valence-corrected chi connectivity index (χ1v) is 12.0. The zero-order chi connectivity index (χ0) is 21.0. The molecule has 1 aromatic heterocycles. The molecule has 0 aliphatic heterocycles. The summed E-state index contributed by atoms with van der Waals surface area (Å²) in [6, 6.07) is 11.6. The van der Waals surface area contributed by atoms with E-state index in [0.717, 1.165) is 11.8 Å². The summed E-state index contributed by atoms with van der Waals surface area (Å²) in [5, 5.41) is 3.09. The van der Waals surface area contributed by atoms with Crippen molar-refractivity contribution < 1.29 is 22.0 Å². The Morgan fingerprint density at radius 1 is 1.21 bits per heavy atom. The molecule has 2 N–H and O–H groups in total. The van der Waals surface area contributed by atoms with Crippen LogP contribution in [0.25, 0.3) is 10.2 Å². The number of benzene rings is 2. The van der Waals surface area contributed by atoms with Crippen molar-refractivity contribution >= 4 is 54.4 Å². The van der Waals surface area contributed by atoms with Gasteiger partial charge in [-0.3, -0.25) is 10.1 Å². The average Bonchev–Trinajstić information content (AvgIpc) is 3.02. The van der Waals surface area contributed by atoms with Crippen LogP contribution in [0.5, 0.6) is 0 Å². The molecule has 0 atom stereocenters. The molecule has 154 valence electrons. The van der Waals surface area contributed by atoms with E-state index in [-0.39, 0.29) is 12.5 Å².